The molecule has 0 radical (unpaired) electrons. The van der Waals surface area contributed by atoms with Gasteiger partial charge in [0.1, 0.15) is 19.1 Å². The van der Waals surface area contributed by atoms with E-state index in [1.807, 2.05) is 55.9 Å². The number of benzene rings is 1. The maximum Gasteiger partial charge on any atom is 0.410 e. The van der Waals surface area contributed by atoms with Gasteiger partial charge in [-0.25, -0.2) is 9.78 Å². The second-order valence-corrected chi connectivity index (χ2v) is 28.5. The van der Waals surface area contributed by atoms with E-state index in [9.17, 15) is 4.79 Å². The van der Waals surface area contributed by atoms with Crippen LogP contribution in [0.2, 0.25) is 51.4 Å². The largest absolute Gasteiger partial charge is 0.444 e. The highest BCUT2D eigenvalue weighted by molar-refractivity contribution is 9.10. The number of halogens is 1. The van der Waals surface area contributed by atoms with E-state index in [0.29, 0.717) is 39.8 Å². The number of carbonyl (C=O) groups excluding carboxylic acids is 1. The molecule has 10 nitrogen and oxygen atoms in total. The molecule has 1 aromatic carbocycles. The molecule has 13 heteroatoms. The number of aromatic nitrogens is 4. The lowest BCUT2D eigenvalue weighted by atomic mass is 10.0. The highest BCUT2D eigenvalue weighted by Crippen LogP contribution is 2.39. The average molecular weight is 770 g/mol. The number of fused-ring (bicyclic) bond motifs is 2. The van der Waals surface area contributed by atoms with Crippen LogP contribution in [0.15, 0.2) is 47.2 Å². The molecule has 0 aliphatic carbocycles. The summed E-state index contributed by atoms with van der Waals surface area (Å²) in [6, 6.07) is 12.4. The van der Waals surface area contributed by atoms with E-state index in [4.69, 9.17) is 29.3 Å². The smallest absolute Gasteiger partial charge is 0.410 e. The molecule has 1 saturated heterocycles. The number of likely N-dealkylation sites (tertiary alicyclic amines) is 1. The SMILES string of the molecule is CC(C)(C)OC(=O)N1CCC(c2nc3c(-c4cnc5ccccc5c4)cnn3c(N(COCC[Si](C)(C)C)COCC[Si](C)(C)C)c2Br)C1. The Kier molecular flexibility index (Phi) is 11.6. The minimum atomic E-state index is -1.28. The third-order valence-corrected chi connectivity index (χ3v) is 12.7. The number of carbonyl (C=O) groups is 1. The zero-order valence-corrected chi connectivity index (χ0v) is 34.3. The van der Waals surface area contributed by atoms with E-state index in [-0.39, 0.29) is 12.0 Å². The lowest BCUT2D eigenvalue weighted by Gasteiger charge is -2.28. The van der Waals surface area contributed by atoms with Gasteiger partial charge in [0.2, 0.25) is 0 Å². The Balaban J connectivity index is 1.57. The number of hydrogen-bond donors (Lipinski definition) is 0. The zero-order valence-electron chi connectivity index (χ0n) is 30.7. The van der Waals surface area contributed by atoms with E-state index < -0.39 is 21.7 Å². The van der Waals surface area contributed by atoms with Gasteiger partial charge in [0, 0.05) is 71.1 Å². The number of pyridine rings is 1. The van der Waals surface area contributed by atoms with Crippen molar-refractivity contribution < 1.29 is 19.0 Å². The summed E-state index contributed by atoms with van der Waals surface area (Å²) in [5.41, 5.74) is 3.78. The van der Waals surface area contributed by atoms with Crippen molar-refractivity contribution in [2.45, 2.75) is 90.1 Å². The van der Waals surface area contributed by atoms with E-state index in [1.54, 1.807) is 4.90 Å². The van der Waals surface area contributed by atoms with Gasteiger partial charge in [-0.2, -0.15) is 9.61 Å². The minimum Gasteiger partial charge on any atom is -0.444 e. The second-order valence-electron chi connectivity index (χ2n) is 16.5. The van der Waals surface area contributed by atoms with E-state index in [2.05, 4.69) is 72.2 Å². The molecule has 0 spiro atoms. The second kappa shape index (κ2) is 15.2. The number of nitrogens with zero attached hydrogens (tertiary/aromatic N) is 6. The predicted molar refractivity (Wildman–Crippen MR) is 207 cm³/mol. The first kappa shape index (κ1) is 37.4. The van der Waals surface area contributed by atoms with Gasteiger partial charge in [0.15, 0.2) is 11.5 Å². The number of anilines is 1. The molecule has 1 atom stereocenters. The van der Waals surface area contributed by atoms with Crippen molar-refractivity contribution in [2.75, 3.05) is 44.7 Å². The van der Waals surface area contributed by atoms with Crippen LogP contribution in [0, 0.1) is 0 Å². The van der Waals surface area contributed by atoms with Gasteiger partial charge in [-0.05, 0) is 67.3 Å². The summed E-state index contributed by atoms with van der Waals surface area (Å²) < 4.78 is 21.2. The number of para-hydroxylation sites is 1. The van der Waals surface area contributed by atoms with Crippen LogP contribution in [0.1, 0.15) is 38.8 Å². The lowest BCUT2D eigenvalue weighted by Crippen LogP contribution is -2.35. The van der Waals surface area contributed by atoms with Crippen LogP contribution in [0.3, 0.4) is 0 Å². The van der Waals surface area contributed by atoms with Gasteiger partial charge in [-0.1, -0.05) is 57.5 Å². The molecule has 4 heterocycles. The van der Waals surface area contributed by atoms with Gasteiger partial charge in [0.25, 0.3) is 0 Å². The molecular weight excluding hydrogens is 717 g/mol. The fourth-order valence-corrected chi connectivity index (χ4v) is 8.03. The zero-order chi connectivity index (χ0) is 35.6. The molecule has 49 heavy (non-hydrogen) atoms. The van der Waals surface area contributed by atoms with Crippen LogP contribution in [0.25, 0.3) is 27.7 Å². The first-order valence-electron chi connectivity index (χ1n) is 17.3. The Morgan fingerprint density at radius 1 is 1.00 bits per heavy atom. The normalized spacial score (nSPS) is 15.8. The predicted octanol–water partition coefficient (Wildman–Crippen LogP) is 8.86. The van der Waals surface area contributed by atoms with Crippen molar-refractivity contribution in [3.8, 4) is 11.1 Å². The first-order chi connectivity index (χ1) is 23.0. The summed E-state index contributed by atoms with van der Waals surface area (Å²) in [5, 5.41) is 5.97. The van der Waals surface area contributed by atoms with Gasteiger partial charge in [-0.15, -0.1) is 0 Å². The summed E-state index contributed by atoms with van der Waals surface area (Å²) in [7, 11) is -2.56. The molecule has 0 bridgehead atoms. The van der Waals surface area contributed by atoms with Crippen LogP contribution >= 0.6 is 15.9 Å². The van der Waals surface area contributed by atoms with Crippen molar-refractivity contribution in [3.63, 3.8) is 0 Å². The van der Waals surface area contributed by atoms with Gasteiger partial charge in [-0.3, -0.25) is 4.98 Å². The van der Waals surface area contributed by atoms with E-state index in [1.165, 1.54) is 0 Å². The van der Waals surface area contributed by atoms with E-state index >= 15 is 0 Å². The highest BCUT2D eigenvalue weighted by Gasteiger charge is 2.34. The minimum absolute atomic E-state index is 0.00871. The quantitative estimate of drug-likeness (QED) is 0.0757. The Morgan fingerprint density at radius 2 is 1.65 bits per heavy atom. The van der Waals surface area contributed by atoms with Crippen molar-refractivity contribution in [3.05, 3.63) is 52.9 Å². The van der Waals surface area contributed by atoms with Crippen LogP contribution in [0.5, 0.6) is 0 Å². The molecule has 1 aliphatic rings. The summed E-state index contributed by atoms with van der Waals surface area (Å²) in [6.07, 6.45) is 4.22. The maximum absolute atomic E-state index is 13.1. The summed E-state index contributed by atoms with van der Waals surface area (Å²) >= 11 is 3.99. The van der Waals surface area contributed by atoms with Crippen molar-refractivity contribution >= 4 is 60.5 Å². The van der Waals surface area contributed by atoms with Gasteiger partial charge in [0.05, 0.1) is 21.9 Å². The molecule has 5 rings (SSSR count). The Morgan fingerprint density at radius 3 is 2.29 bits per heavy atom. The van der Waals surface area contributed by atoms with E-state index in [0.717, 1.165) is 62.2 Å². The lowest BCUT2D eigenvalue weighted by molar-refractivity contribution is 0.0292. The molecule has 4 aromatic rings. The topological polar surface area (TPSA) is 94.3 Å². The Bertz CT molecular complexity index is 1740. The van der Waals surface area contributed by atoms with Crippen LogP contribution in [-0.2, 0) is 14.2 Å². The molecule has 1 aliphatic heterocycles. The summed E-state index contributed by atoms with van der Waals surface area (Å²) in [4.78, 5) is 27.0. The third kappa shape index (κ3) is 9.90. The monoisotopic (exact) mass is 768 g/mol. The van der Waals surface area contributed by atoms with Crippen LogP contribution < -0.4 is 4.90 Å². The van der Waals surface area contributed by atoms with Crippen molar-refractivity contribution in [1.29, 1.82) is 0 Å². The first-order valence-corrected chi connectivity index (χ1v) is 25.5. The van der Waals surface area contributed by atoms with Crippen molar-refractivity contribution in [2.24, 2.45) is 0 Å². The molecule has 1 fully saturated rings. The highest BCUT2D eigenvalue weighted by atomic mass is 79.9. The van der Waals surface area contributed by atoms with Crippen molar-refractivity contribution in [1.82, 2.24) is 24.5 Å². The maximum atomic E-state index is 13.1. The molecule has 3 aromatic heterocycles. The average Bonchev–Trinajstić information content (AvgIpc) is 3.66. The van der Waals surface area contributed by atoms with Crippen LogP contribution in [0.4, 0.5) is 10.6 Å². The molecule has 0 saturated carbocycles. The number of amides is 1. The van der Waals surface area contributed by atoms with Crippen LogP contribution in [-0.4, -0.2) is 92.1 Å². The summed E-state index contributed by atoms with van der Waals surface area (Å²) in [6.45, 7) is 23.0. The Labute approximate surface area is 301 Å². The number of hydrogen-bond acceptors (Lipinski definition) is 8. The standard InChI is InChI=1S/C36H53BrN6O4Si2/c1-36(2,3)47-35(44)41-15-14-27(23-41)32-31(37)34(42(24-45-16-18-48(4,5)6)25-46-17-19-49(7,8)9)43-33(40-32)29(22-39-43)28-20-26-12-10-11-13-30(26)38-21-28/h10-13,20-22,27H,14-19,23-25H2,1-9H3. The molecule has 1 unspecified atom stereocenters. The fraction of sp³-hybridized carbons (Fsp3) is 0.556. The van der Waals surface area contributed by atoms with Gasteiger partial charge >= 0.3 is 6.09 Å². The number of rotatable bonds is 13. The third-order valence-electron chi connectivity index (χ3n) is 8.51. The fourth-order valence-electron chi connectivity index (χ4n) is 5.68. The summed E-state index contributed by atoms with van der Waals surface area (Å²) in [5.74, 6) is 0.808. The van der Waals surface area contributed by atoms with Gasteiger partial charge < -0.3 is 24.0 Å². The molecular formula is C36H53BrN6O4Si2. The molecule has 0 N–H and O–H groups in total. The Hall–Kier alpha value is -2.85. The number of ether oxygens (including phenoxy) is 3. The molecule has 266 valence electrons. The molecule has 1 amide bonds.